The van der Waals surface area contributed by atoms with Crippen molar-refractivity contribution >= 4 is 22.6 Å². The highest BCUT2D eigenvalue weighted by Gasteiger charge is 2.02. The Labute approximate surface area is 99.3 Å². The number of amidine groups is 1. The number of ether oxygens (including phenoxy) is 1. The van der Waals surface area contributed by atoms with Crippen molar-refractivity contribution in [1.82, 2.24) is 5.32 Å². The molecule has 0 aliphatic rings. The summed E-state index contributed by atoms with van der Waals surface area (Å²) in [6.07, 6.45) is 3.70. The fourth-order valence-corrected chi connectivity index (χ4v) is 1.45. The first-order valence-electron chi connectivity index (χ1n) is 4.81. The van der Waals surface area contributed by atoms with Gasteiger partial charge >= 0.3 is 0 Å². The van der Waals surface area contributed by atoms with Crippen molar-refractivity contribution in [2.45, 2.75) is 6.92 Å². The van der Waals surface area contributed by atoms with E-state index in [1.807, 2.05) is 43.6 Å². The van der Waals surface area contributed by atoms with Gasteiger partial charge in [-0.25, -0.2) is 4.99 Å². The van der Waals surface area contributed by atoms with Gasteiger partial charge in [-0.3, -0.25) is 5.32 Å². The van der Waals surface area contributed by atoms with Crippen molar-refractivity contribution in [2.75, 3.05) is 12.9 Å². The number of nitrogens with zero attached hydrogens (tertiary/aromatic N) is 2. The zero-order valence-corrected chi connectivity index (χ0v) is 10.0. The molecule has 0 aromatic heterocycles. The topological polar surface area (TPSA) is 57.4 Å². The first-order valence-corrected chi connectivity index (χ1v) is 6.04. The summed E-state index contributed by atoms with van der Waals surface area (Å²) in [7, 11) is 0. The predicted molar refractivity (Wildman–Crippen MR) is 67.0 cm³/mol. The molecule has 0 aliphatic carbocycles. The molecule has 4 nitrogen and oxygen atoms in total. The smallest absolute Gasteiger partial charge is 0.183 e. The van der Waals surface area contributed by atoms with E-state index in [1.54, 1.807) is 0 Å². The molecule has 0 radical (unpaired) electrons. The Morgan fingerprint density at radius 3 is 2.94 bits per heavy atom. The lowest BCUT2D eigenvalue weighted by Crippen LogP contribution is -2.12. The number of aliphatic imine (C=N–C) groups is 1. The summed E-state index contributed by atoms with van der Waals surface area (Å²) in [6, 6.07) is 7.47. The summed E-state index contributed by atoms with van der Waals surface area (Å²) in [4.78, 5) is 4.31. The van der Waals surface area contributed by atoms with E-state index >= 15 is 0 Å². The highest BCUT2D eigenvalue weighted by molar-refractivity contribution is 8.13. The number of benzene rings is 1. The highest BCUT2D eigenvalue weighted by Crippen LogP contribution is 2.27. The van der Waals surface area contributed by atoms with Gasteiger partial charge in [0.25, 0.3) is 0 Å². The molecule has 16 heavy (non-hydrogen) atoms. The number of nitriles is 1. The highest BCUT2D eigenvalue weighted by atomic mass is 32.2. The number of hydrogen-bond acceptors (Lipinski definition) is 4. The summed E-state index contributed by atoms with van der Waals surface area (Å²) in [5, 5.41) is 11.6. The van der Waals surface area contributed by atoms with Crippen LogP contribution in [0.5, 0.6) is 5.75 Å². The second-order valence-corrected chi connectivity index (χ2v) is 3.55. The molecule has 1 aromatic carbocycles. The Balaban J connectivity index is 2.98. The van der Waals surface area contributed by atoms with Gasteiger partial charge < -0.3 is 4.74 Å². The molecule has 0 bridgehead atoms. The standard InChI is InChI=1S/C11H13N3OS/c1-3-15-10-7-5-4-6-9(10)14-11(16-2)13-8-12/h4-7H,3H2,1-2H3,(H,13,14). The minimum absolute atomic E-state index is 0.551. The van der Waals surface area contributed by atoms with Crippen LogP contribution in [0.1, 0.15) is 6.92 Å². The molecule has 0 atom stereocenters. The number of nitrogens with one attached hydrogen (secondary N) is 1. The summed E-state index contributed by atoms with van der Waals surface area (Å²) in [5.74, 6) is 0.719. The van der Waals surface area contributed by atoms with Crippen LogP contribution in [-0.2, 0) is 0 Å². The van der Waals surface area contributed by atoms with Gasteiger partial charge in [0, 0.05) is 0 Å². The average molecular weight is 235 g/mol. The summed E-state index contributed by atoms with van der Waals surface area (Å²) >= 11 is 1.38. The molecule has 1 aromatic rings. The lowest BCUT2D eigenvalue weighted by molar-refractivity contribution is 0.341. The van der Waals surface area contributed by atoms with Crippen molar-refractivity contribution in [3.8, 4) is 11.9 Å². The first kappa shape index (κ1) is 12.4. The van der Waals surface area contributed by atoms with Gasteiger partial charge in [-0.05, 0) is 25.3 Å². The third-order valence-electron chi connectivity index (χ3n) is 1.74. The molecule has 0 saturated heterocycles. The van der Waals surface area contributed by atoms with Crippen LogP contribution in [0.2, 0.25) is 0 Å². The predicted octanol–water partition coefficient (Wildman–Crippen LogP) is 2.51. The second kappa shape index (κ2) is 6.75. The zero-order valence-electron chi connectivity index (χ0n) is 9.23. The molecule has 1 N–H and O–H groups in total. The molecule has 1 rings (SSSR count). The molecule has 0 fully saturated rings. The largest absolute Gasteiger partial charge is 0.492 e. The molecule has 0 aliphatic heterocycles. The van der Waals surface area contributed by atoms with E-state index in [9.17, 15) is 0 Å². The van der Waals surface area contributed by atoms with Gasteiger partial charge in [-0.15, -0.1) is 0 Å². The van der Waals surface area contributed by atoms with Crippen LogP contribution in [0.4, 0.5) is 5.69 Å². The molecular formula is C11H13N3OS. The van der Waals surface area contributed by atoms with Crippen LogP contribution in [0.3, 0.4) is 0 Å². The molecule has 0 heterocycles. The normalized spacial score (nSPS) is 10.7. The molecule has 0 amide bonds. The first-order chi connectivity index (χ1) is 7.81. The number of rotatable bonds is 3. The Bertz CT molecular complexity index is 412. The van der Waals surface area contributed by atoms with Crippen molar-refractivity contribution in [3.63, 3.8) is 0 Å². The van der Waals surface area contributed by atoms with Crippen LogP contribution < -0.4 is 10.1 Å². The van der Waals surface area contributed by atoms with Crippen LogP contribution >= 0.6 is 11.8 Å². The Hall–Kier alpha value is -1.67. The van der Waals surface area contributed by atoms with Crippen LogP contribution in [0.25, 0.3) is 0 Å². The lowest BCUT2D eigenvalue weighted by Gasteiger charge is -2.07. The SMILES string of the molecule is CCOc1ccccc1N=C(NC#N)SC. The van der Waals surface area contributed by atoms with E-state index < -0.39 is 0 Å². The maximum absolute atomic E-state index is 8.53. The molecular weight excluding hydrogens is 222 g/mol. The lowest BCUT2D eigenvalue weighted by atomic mass is 10.3. The minimum atomic E-state index is 0.551. The third kappa shape index (κ3) is 3.48. The van der Waals surface area contributed by atoms with Crippen LogP contribution in [0, 0.1) is 11.5 Å². The number of para-hydroxylation sites is 2. The van der Waals surface area contributed by atoms with Crippen LogP contribution in [-0.4, -0.2) is 18.0 Å². The zero-order chi connectivity index (χ0) is 11.8. The minimum Gasteiger partial charge on any atom is -0.492 e. The van der Waals surface area contributed by atoms with Gasteiger partial charge in [0.05, 0.1) is 6.61 Å². The van der Waals surface area contributed by atoms with Gasteiger partial charge in [-0.2, -0.15) is 5.26 Å². The van der Waals surface area contributed by atoms with E-state index in [-0.39, 0.29) is 0 Å². The van der Waals surface area contributed by atoms with Gasteiger partial charge in [0.1, 0.15) is 11.4 Å². The van der Waals surface area contributed by atoms with Crippen LogP contribution in [0.15, 0.2) is 29.3 Å². The van der Waals surface area contributed by atoms with E-state index in [0.29, 0.717) is 11.8 Å². The van der Waals surface area contributed by atoms with E-state index in [2.05, 4.69) is 10.3 Å². The maximum Gasteiger partial charge on any atom is 0.183 e. The molecule has 5 heteroatoms. The van der Waals surface area contributed by atoms with E-state index in [0.717, 1.165) is 11.4 Å². The molecule has 0 spiro atoms. The maximum atomic E-state index is 8.53. The second-order valence-electron chi connectivity index (χ2n) is 2.76. The van der Waals surface area contributed by atoms with Crippen molar-refractivity contribution < 1.29 is 4.74 Å². The van der Waals surface area contributed by atoms with Gasteiger partial charge in [-0.1, -0.05) is 23.9 Å². The van der Waals surface area contributed by atoms with E-state index in [4.69, 9.17) is 10.00 Å². The third-order valence-corrected chi connectivity index (χ3v) is 2.32. The summed E-state index contributed by atoms with van der Waals surface area (Å²) in [5.41, 5.74) is 0.719. The number of hydrogen-bond donors (Lipinski definition) is 1. The van der Waals surface area contributed by atoms with Gasteiger partial charge in [0.2, 0.25) is 0 Å². The van der Waals surface area contributed by atoms with Gasteiger partial charge in [0.15, 0.2) is 11.4 Å². The quantitative estimate of drug-likeness (QED) is 0.378. The Kier molecular flexibility index (Phi) is 5.23. The molecule has 0 unspecified atom stereocenters. The Morgan fingerprint density at radius 2 is 2.31 bits per heavy atom. The monoisotopic (exact) mass is 235 g/mol. The molecule has 0 saturated carbocycles. The fourth-order valence-electron chi connectivity index (χ4n) is 1.11. The Morgan fingerprint density at radius 1 is 1.56 bits per heavy atom. The summed E-state index contributed by atoms with van der Waals surface area (Å²) < 4.78 is 5.43. The van der Waals surface area contributed by atoms with Crippen molar-refractivity contribution in [2.24, 2.45) is 4.99 Å². The number of thioether (sulfide) groups is 1. The van der Waals surface area contributed by atoms with E-state index in [1.165, 1.54) is 11.8 Å². The van der Waals surface area contributed by atoms with Crippen molar-refractivity contribution in [3.05, 3.63) is 24.3 Å². The summed E-state index contributed by atoms with van der Waals surface area (Å²) in [6.45, 7) is 2.51. The fraction of sp³-hybridized carbons (Fsp3) is 0.273. The van der Waals surface area contributed by atoms with Crippen molar-refractivity contribution in [1.29, 1.82) is 5.26 Å². The molecule has 84 valence electrons. The average Bonchev–Trinajstić information content (AvgIpc) is 2.31.